The minimum Gasteiger partial charge on any atom is -0.381 e. The van der Waals surface area contributed by atoms with Crippen LogP contribution in [0.25, 0.3) is 0 Å². The molecular formula is C17H33NO3. The quantitative estimate of drug-likeness (QED) is 0.818. The Hall–Kier alpha value is -0.160. The molecule has 0 bridgehead atoms. The fraction of sp³-hybridized carbons (Fsp3) is 1.00. The molecule has 2 aliphatic heterocycles. The summed E-state index contributed by atoms with van der Waals surface area (Å²) in [5.74, 6) is 0.613. The number of likely N-dealkylation sites (N-methyl/N-ethyl adjacent to an activating group) is 1. The van der Waals surface area contributed by atoms with Crippen molar-refractivity contribution < 1.29 is 14.2 Å². The number of hydrogen-bond acceptors (Lipinski definition) is 4. The van der Waals surface area contributed by atoms with Crippen molar-refractivity contribution in [3.05, 3.63) is 0 Å². The molecule has 0 aliphatic carbocycles. The topological polar surface area (TPSA) is 39.7 Å². The Labute approximate surface area is 129 Å². The Kier molecular flexibility index (Phi) is 6.06. The van der Waals surface area contributed by atoms with Crippen LogP contribution in [-0.2, 0) is 14.2 Å². The van der Waals surface area contributed by atoms with Gasteiger partial charge in [-0.05, 0) is 51.5 Å². The summed E-state index contributed by atoms with van der Waals surface area (Å²) in [4.78, 5) is 0. The molecular weight excluding hydrogens is 266 g/mol. The summed E-state index contributed by atoms with van der Waals surface area (Å²) in [5, 5.41) is 3.58. The molecule has 0 saturated carbocycles. The monoisotopic (exact) mass is 299 g/mol. The maximum atomic E-state index is 6.20. The molecule has 2 aliphatic rings. The van der Waals surface area contributed by atoms with Gasteiger partial charge in [-0.25, -0.2) is 0 Å². The van der Waals surface area contributed by atoms with Crippen LogP contribution in [-0.4, -0.2) is 51.2 Å². The second-order valence-corrected chi connectivity index (χ2v) is 6.64. The predicted octanol–water partition coefficient (Wildman–Crippen LogP) is 2.76. The van der Waals surface area contributed by atoms with Crippen LogP contribution in [0.4, 0.5) is 0 Å². The van der Waals surface area contributed by atoms with Gasteiger partial charge in [0.25, 0.3) is 0 Å². The molecule has 4 nitrogen and oxygen atoms in total. The van der Waals surface area contributed by atoms with Gasteiger partial charge in [-0.1, -0.05) is 13.8 Å². The summed E-state index contributed by atoms with van der Waals surface area (Å²) in [6, 6.07) is 0.390. The summed E-state index contributed by atoms with van der Waals surface area (Å²) in [5.41, 5.74) is -0.0135. The molecule has 0 aromatic rings. The van der Waals surface area contributed by atoms with Gasteiger partial charge in [-0.2, -0.15) is 0 Å². The molecule has 2 unspecified atom stereocenters. The summed E-state index contributed by atoms with van der Waals surface area (Å²) >= 11 is 0. The Morgan fingerprint density at radius 3 is 2.43 bits per heavy atom. The van der Waals surface area contributed by atoms with Crippen molar-refractivity contribution in [3.63, 3.8) is 0 Å². The van der Waals surface area contributed by atoms with E-state index in [2.05, 4.69) is 26.2 Å². The second-order valence-electron chi connectivity index (χ2n) is 6.64. The number of nitrogens with one attached hydrogen (secondary N) is 1. The smallest absolute Gasteiger partial charge is 0.0828 e. The third-order valence-corrected chi connectivity index (χ3v) is 5.89. The van der Waals surface area contributed by atoms with Gasteiger partial charge in [0.1, 0.15) is 0 Å². The highest BCUT2D eigenvalue weighted by atomic mass is 16.5. The van der Waals surface area contributed by atoms with Crippen LogP contribution >= 0.6 is 0 Å². The van der Waals surface area contributed by atoms with Gasteiger partial charge in [-0.15, -0.1) is 0 Å². The second kappa shape index (κ2) is 7.40. The van der Waals surface area contributed by atoms with E-state index in [0.29, 0.717) is 12.0 Å². The Balaban J connectivity index is 2.13. The number of methoxy groups -OCH3 is 1. The molecule has 1 spiro atoms. The van der Waals surface area contributed by atoms with Crippen LogP contribution in [0, 0.1) is 5.92 Å². The normalized spacial score (nSPS) is 27.7. The highest BCUT2D eigenvalue weighted by molar-refractivity contribution is 5.00. The first-order valence-corrected chi connectivity index (χ1v) is 8.59. The lowest BCUT2D eigenvalue weighted by Gasteiger charge is -2.49. The zero-order chi connectivity index (χ0) is 15.3. The molecule has 0 aromatic heterocycles. The Morgan fingerprint density at radius 2 is 1.90 bits per heavy atom. The molecule has 4 heteroatoms. The van der Waals surface area contributed by atoms with Crippen LogP contribution in [0.5, 0.6) is 0 Å². The molecule has 2 rings (SSSR count). The first kappa shape index (κ1) is 17.2. The van der Waals surface area contributed by atoms with E-state index in [4.69, 9.17) is 14.2 Å². The van der Waals surface area contributed by atoms with E-state index in [1.165, 1.54) is 0 Å². The third kappa shape index (κ3) is 3.44. The van der Waals surface area contributed by atoms with Crippen LogP contribution in [0.2, 0.25) is 0 Å². The molecule has 2 heterocycles. The first-order chi connectivity index (χ1) is 10.2. The van der Waals surface area contributed by atoms with Crippen molar-refractivity contribution in [2.24, 2.45) is 5.92 Å². The highest BCUT2D eigenvalue weighted by Crippen LogP contribution is 2.41. The molecule has 21 heavy (non-hydrogen) atoms. The molecule has 0 amide bonds. The Morgan fingerprint density at radius 1 is 1.24 bits per heavy atom. The lowest BCUT2D eigenvalue weighted by atomic mass is 9.72. The van der Waals surface area contributed by atoms with Gasteiger partial charge in [0.15, 0.2) is 0 Å². The number of rotatable bonds is 6. The maximum absolute atomic E-state index is 6.20. The van der Waals surface area contributed by atoms with Gasteiger partial charge in [0.05, 0.1) is 11.2 Å². The number of hydrogen-bond donors (Lipinski definition) is 1. The fourth-order valence-electron chi connectivity index (χ4n) is 4.48. The molecule has 0 radical (unpaired) electrons. The van der Waals surface area contributed by atoms with Crippen molar-refractivity contribution in [1.29, 1.82) is 0 Å². The van der Waals surface area contributed by atoms with Crippen molar-refractivity contribution >= 4 is 0 Å². The SMILES string of the molecule is CCC(CC)(OC)C(NC)C1CCOC2(CCOCC2)C1. The summed E-state index contributed by atoms with van der Waals surface area (Å²) in [7, 11) is 3.94. The van der Waals surface area contributed by atoms with Crippen LogP contribution in [0.3, 0.4) is 0 Å². The van der Waals surface area contributed by atoms with E-state index >= 15 is 0 Å². The van der Waals surface area contributed by atoms with Crippen molar-refractivity contribution in [2.75, 3.05) is 34.0 Å². The third-order valence-electron chi connectivity index (χ3n) is 5.89. The van der Waals surface area contributed by atoms with Gasteiger partial charge in [-0.3, -0.25) is 0 Å². The van der Waals surface area contributed by atoms with Crippen molar-refractivity contribution in [1.82, 2.24) is 5.32 Å². The van der Waals surface area contributed by atoms with E-state index in [0.717, 1.165) is 58.3 Å². The molecule has 2 fully saturated rings. The van der Waals surface area contributed by atoms with Crippen LogP contribution in [0.1, 0.15) is 52.4 Å². The molecule has 1 N–H and O–H groups in total. The minimum absolute atomic E-state index is 0.0528. The first-order valence-electron chi connectivity index (χ1n) is 8.59. The standard InChI is InChI=1S/C17H33NO3/c1-5-17(6-2,19-4)15(18-3)14-7-10-21-16(13-14)8-11-20-12-9-16/h14-15,18H,5-13H2,1-4H3. The predicted molar refractivity (Wildman–Crippen MR) is 84.6 cm³/mol. The summed E-state index contributed by atoms with van der Waals surface area (Å²) in [6.07, 6.45) is 6.42. The van der Waals surface area contributed by atoms with Crippen molar-refractivity contribution in [3.8, 4) is 0 Å². The van der Waals surface area contributed by atoms with Gasteiger partial charge < -0.3 is 19.5 Å². The van der Waals surface area contributed by atoms with E-state index in [1.54, 1.807) is 0 Å². The maximum Gasteiger partial charge on any atom is 0.0828 e. The van der Waals surface area contributed by atoms with Crippen LogP contribution in [0.15, 0.2) is 0 Å². The van der Waals surface area contributed by atoms with E-state index in [9.17, 15) is 0 Å². The average molecular weight is 299 g/mol. The zero-order valence-electron chi connectivity index (χ0n) is 14.2. The molecule has 0 aromatic carbocycles. The van der Waals surface area contributed by atoms with E-state index in [1.807, 2.05) is 7.11 Å². The largest absolute Gasteiger partial charge is 0.381 e. The molecule has 2 saturated heterocycles. The van der Waals surface area contributed by atoms with Crippen LogP contribution < -0.4 is 5.32 Å². The Bertz CT molecular complexity index is 297. The van der Waals surface area contributed by atoms with Gasteiger partial charge in [0.2, 0.25) is 0 Å². The van der Waals surface area contributed by atoms with Crippen molar-refractivity contribution in [2.45, 2.75) is 69.6 Å². The minimum atomic E-state index is -0.0664. The zero-order valence-corrected chi connectivity index (χ0v) is 14.2. The molecule has 2 atom stereocenters. The molecule has 124 valence electrons. The van der Waals surface area contributed by atoms with E-state index < -0.39 is 0 Å². The average Bonchev–Trinajstić information content (AvgIpc) is 2.53. The lowest BCUT2D eigenvalue weighted by Crippen LogP contribution is -2.58. The highest BCUT2D eigenvalue weighted by Gasteiger charge is 2.46. The number of ether oxygens (including phenoxy) is 3. The van der Waals surface area contributed by atoms with E-state index in [-0.39, 0.29) is 11.2 Å². The van der Waals surface area contributed by atoms with Gasteiger partial charge in [0, 0.05) is 33.0 Å². The fourth-order valence-corrected chi connectivity index (χ4v) is 4.48. The summed E-state index contributed by atoms with van der Waals surface area (Å²) < 4.78 is 17.7. The lowest BCUT2D eigenvalue weighted by molar-refractivity contribution is -0.162. The van der Waals surface area contributed by atoms with Gasteiger partial charge >= 0.3 is 0 Å². The summed E-state index contributed by atoms with van der Waals surface area (Å²) in [6.45, 7) is 7.03.